The van der Waals surface area contributed by atoms with Gasteiger partial charge in [-0.1, -0.05) is 0 Å². The van der Waals surface area contributed by atoms with Crippen LogP contribution in [0.1, 0.15) is 31.1 Å². The number of hydrogen-bond acceptors (Lipinski definition) is 3. The second-order valence-corrected chi connectivity index (χ2v) is 4.55. The van der Waals surface area contributed by atoms with Gasteiger partial charge in [0.2, 0.25) is 0 Å². The lowest BCUT2D eigenvalue weighted by atomic mass is 10.1. The lowest BCUT2D eigenvalue weighted by molar-refractivity contribution is -0.144. The molecular weight excluding hydrogens is 287 g/mol. The van der Waals surface area contributed by atoms with Crippen molar-refractivity contribution in [2.24, 2.45) is 0 Å². The van der Waals surface area contributed by atoms with Crippen molar-refractivity contribution >= 4 is 11.9 Å². The highest BCUT2D eigenvalue weighted by molar-refractivity contribution is 5.96. The Morgan fingerprint density at radius 1 is 1.19 bits per heavy atom. The summed E-state index contributed by atoms with van der Waals surface area (Å²) >= 11 is 0. The van der Waals surface area contributed by atoms with E-state index in [-0.39, 0.29) is 6.61 Å². The Kier molecular flexibility index (Phi) is 5.75. The Morgan fingerprint density at radius 3 is 2.33 bits per heavy atom. The third-order valence-corrected chi connectivity index (χ3v) is 2.75. The number of amides is 1. The molecule has 0 spiro atoms. The zero-order valence-corrected chi connectivity index (χ0v) is 12.0. The monoisotopic (exact) mass is 303 g/mol. The van der Waals surface area contributed by atoms with Crippen molar-refractivity contribution in [2.45, 2.75) is 26.8 Å². The average molecular weight is 303 g/mol. The van der Waals surface area contributed by atoms with Crippen LogP contribution in [-0.2, 0) is 9.53 Å². The van der Waals surface area contributed by atoms with Crippen LogP contribution in [-0.4, -0.2) is 36.0 Å². The van der Waals surface area contributed by atoms with Gasteiger partial charge in [-0.2, -0.15) is 0 Å². The van der Waals surface area contributed by atoms with Crippen molar-refractivity contribution in [2.75, 3.05) is 13.2 Å². The Morgan fingerprint density at radius 2 is 1.81 bits per heavy atom. The lowest BCUT2D eigenvalue weighted by Gasteiger charge is -2.26. The summed E-state index contributed by atoms with van der Waals surface area (Å²) in [4.78, 5) is 24.7. The van der Waals surface area contributed by atoms with Crippen LogP contribution in [0.4, 0.5) is 13.2 Å². The van der Waals surface area contributed by atoms with Gasteiger partial charge < -0.3 is 9.64 Å². The van der Waals surface area contributed by atoms with E-state index >= 15 is 0 Å². The summed E-state index contributed by atoms with van der Waals surface area (Å²) in [5, 5.41) is 0. The predicted octanol–water partition coefficient (Wildman–Crippen LogP) is 2.52. The van der Waals surface area contributed by atoms with Crippen LogP contribution in [0.3, 0.4) is 0 Å². The number of benzene rings is 1. The maximum absolute atomic E-state index is 13.6. The van der Waals surface area contributed by atoms with Crippen LogP contribution in [0.2, 0.25) is 0 Å². The molecule has 0 aromatic heterocycles. The molecule has 0 unspecified atom stereocenters. The Bertz CT molecular complexity index is 547. The maximum atomic E-state index is 13.6. The van der Waals surface area contributed by atoms with Gasteiger partial charge in [-0.15, -0.1) is 0 Å². The van der Waals surface area contributed by atoms with E-state index in [1.165, 1.54) is 0 Å². The van der Waals surface area contributed by atoms with Gasteiger partial charge in [0.05, 0.1) is 12.2 Å². The summed E-state index contributed by atoms with van der Waals surface area (Å²) < 4.78 is 44.4. The molecule has 0 heterocycles. The molecule has 21 heavy (non-hydrogen) atoms. The lowest BCUT2D eigenvalue weighted by Crippen LogP contribution is -2.41. The first-order valence-corrected chi connectivity index (χ1v) is 6.39. The molecule has 4 nitrogen and oxygen atoms in total. The normalized spacial score (nSPS) is 10.6. The SMILES string of the molecule is CCOC(=O)CN(C(=O)c1ccc(F)c(F)c1F)C(C)C. The van der Waals surface area contributed by atoms with E-state index in [1.54, 1.807) is 20.8 Å². The molecule has 0 aliphatic rings. The van der Waals surface area contributed by atoms with Crippen molar-refractivity contribution in [1.29, 1.82) is 0 Å². The third kappa shape index (κ3) is 3.96. The summed E-state index contributed by atoms with van der Waals surface area (Å²) in [5.41, 5.74) is -0.633. The van der Waals surface area contributed by atoms with Crippen molar-refractivity contribution in [3.8, 4) is 0 Å². The van der Waals surface area contributed by atoms with E-state index in [0.717, 1.165) is 11.0 Å². The molecule has 7 heteroatoms. The summed E-state index contributed by atoms with van der Waals surface area (Å²) in [6.07, 6.45) is 0. The van der Waals surface area contributed by atoms with Crippen LogP contribution >= 0.6 is 0 Å². The van der Waals surface area contributed by atoms with Crippen molar-refractivity contribution in [3.05, 3.63) is 35.1 Å². The minimum atomic E-state index is -1.72. The number of halogens is 3. The number of rotatable bonds is 5. The quantitative estimate of drug-likeness (QED) is 0.620. The fourth-order valence-corrected chi connectivity index (χ4v) is 1.68. The number of nitrogens with zero attached hydrogens (tertiary/aromatic N) is 1. The predicted molar refractivity (Wildman–Crippen MR) is 69.1 cm³/mol. The van der Waals surface area contributed by atoms with Gasteiger partial charge in [-0.05, 0) is 32.9 Å². The molecule has 1 aromatic rings. The molecule has 116 valence electrons. The van der Waals surface area contributed by atoms with E-state index in [2.05, 4.69) is 0 Å². The van der Waals surface area contributed by atoms with Gasteiger partial charge in [0, 0.05) is 6.04 Å². The first-order chi connectivity index (χ1) is 9.79. The van der Waals surface area contributed by atoms with E-state index in [0.29, 0.717) is 6.07 Å². The Hall–Kier alpha value is -2.05. The molecule has 0 bridgehead atoms. The van der Waals surface area contributed by atoms with E-state index in [9.17, 15) is 22.8 Å². The van der Waals surface area contributed by atoms with Gasteiger partial charge >= 0.3 is 5.97 Å². The van der Waals surface area contributed by atoms with Gasteiger partial charge in [-0.25, -0.2) is 13.2 Å². The molecule has 0 atom stereocenters. The maximum Gasteiger partial charge on any atom is 0.325 e. The zero-order chi connectivity index (χ0) is 16.2. The van der Waals surface area contributed by atoms with Crippen LogP contribution in [0.25, 0.3) is 0 Å². The topological polar surface area (TPSA) is 46.6 Å². The largest absolute Gasteiger partial charge is 0.465 e. The van der Waals surface area contributed by atoms with Crippen LogP contribution < -0.4 is 0 Å². The Balaban J connectivity index is 3.07. The molecule has 1 aromatic carbocycles. The third-order valence-electron chi connectivity index (χ3n) is 2.75. The van der Waals surface area contributed by atoms with E-state index in [4.69, 9.17) is 4.74 Å². The second kappa shape index (κ2) is 7.10. The molecule has 0 aliphatic carbocycles. The number of esters is 1. The summed E-state index contributed by atoms with van der Waals surface area (Å²) in [6, 6.07) is 1.06. The summed E-state index contributed by atoms with van der Waals surface area (Å²) in [7, 11) is 0. The number of ether oxygens (including phenoxy) is 1. The fourth-order valence-electron chi connectivity index (χ4n) is 1.68. The average Bonchev–Trinajstić information content (AvgIpc) is 2.41. The molecule has 0 saturated carbocycles. The zero-order valence-electron chi connectivity index (χ0n) is 12.0. The first-order valence-electron chi connectivity index (χ1n) is 6.39. The van der Waals surface area contributed by atoms with Crippen LogP contribution in [0.5, 0.6) is 0 Å². The fraction of sp³-hybridized carbons (Fsp3) is 0.429. The highest BCUT2D eigenvalue weighted by Crippen LogP contribution is 2.18. The highest BCUT2D eigenvalue weighted by Gasteiger charge is 2.26. The standard InChI is InChI=1S/C14H16F3NO3/c1-4-21-11(19)7-18(8(2)3)14(20)9-5-6-10(15)13(17)12(9)16/h5-6,8H,4,7H2,1-3H3. The molecule has 0 fully saturated rings. The highest BCUT2D eigenvalue weighted by atomic mass is 19.2. The van der Waals surface area contributed by atoms with Gasteiger partial charge in [-0.3, -0.25) is 9.59 Å². The van der Waals surface area contributed by atoms with Crippen molar-refractivity contribution < 1.29 is 27.5 Å². The van der Waals surface area contributed by atoms with Crippen molar-refractivity contribution in [3.63, 3.8) is 0 Å². The van der Waals surface area contributed by atoms with Gasteiger partial charge in [0.25, 0.3) is 5.91 Å². The molecule has 1 rings (SSSR count). The number of hydrogen-bond donors (Lipinski definition) is 0. The Labute approximate surface area is 120 Å². The molecule has 0 aliphatic heterocycles. The van der Waals surface area contributed by atoms with E-state index in [1.807, 2.05) is 0 Å². The molecule has 0 radical (unpaired) electrons. The molecule has 1 amide bonds. The smallest absolute Gasteiger partial charge is 0.325 e. The second-order valence-electron chi connectivity index (χ2n) is 4.55. The van der Waals surface area contributed by atoms with Gasteiger partial charge in [0.1, 0.15) is 6.54 Å². The molecule has 0 N–H and O–H groups in total. The number of carbonyl (C=O) groups excluding carboxylic acids is 2. The van der Waals surface area contributed by atoms with Crippen molar-refractivity contribution in [1.82, 2.24) is 4.90 Å². The molecule has 0 saturated heterocycles. The number of carbonyl (C=O) groups is 2. The molecular formula is C14H16F3NO3. The summed E-state index contributed by atoms with van der Waals surface area (Å²) in [5.74, 6) is -6.25. The van der Waals surface area contributed by atoms with Crippen LogP contribution in [0.15, 0.2) is 12.1 Å². The van der Waals surface area contributed by atoms with E-state index < -0.39 is 47.5 Å². The summed E-state index contributed by atoms with van der Waals surface area (Å²) in [6.45, 7) is 4.56. The van der Waals surface area contributed by atoms with Gasteiger partial charge in [0.15, 0.2) is 17.5 Å². The minimum Gasteiger partial charge on any atom is -0.465 e. The first kappa shape index (κ1) is 17.0. The minimum absolute atomic E-state index is 0.137. The van der Waals surface area contributed by atoms with Crippen LogP contribution in [0, 0.1) is 17.5 Å².